The van der Waals surface area contributed by atoms with Crippen molar-refractivity contribution in [2.45, 2.75) is 19.9 Å². The molecule has 0 fully saturated rings. The van der Waals surface area contributed by atoms with Crippen molar-refractivity contribution >= 4 is 23.4 Å². The van der Waals surface area contributed by atoms with E-state index in [0.717, 1.165) is 5.56 Å². The van der Waals surface area contributed by atoms with Gasteiger partial charge >= 0.3 is 0 Å². The first-order valence-corrected chi connectivity index (χ1v) is 8.85. The van der Waals surface area contributed by atoms with Crippen LogP contribution in [0.3, 0.4) is 0 Å². The summed E-state index contributed by atoms with van der Waals surface area (Å²) in [6, 6.07) is 12.6. The minimum atomic E-state index is -0.641. The average Bonchev–Trinajstić information content (AvgIpc) is 2.64. The Morgan fingerprint density at radius 2 is 1.85 bits per heavy atom. The van der Waals surface area contributed by atoms with E-state index in [1.165, 1.54) is 19.2 Å². The zero-order valence-electron chi connectivity index (χ0n) is 15.5. The van der Waals surface area contributed by atoms with E-state index in [-0.39, 0.29) is 41.0 Å². The lowest BCUT2D eigenvalue weighted by Crippen LogP contribution is -2.31. The Balaban J connectivity index is 2.27. The molecular weight excluding hydrogens is 368 g/mol. The van der Waals surface area contributed by atoms with Crippen molar-refractivity contribution in [1.29, 1.82) is 0 Å². The maximum absolute atomic E-state index is 12.8. The quantitative estimate of drug-likeness (QED) is 0.723. The van der Waals surface area contributed by atoms with Crippen LogP contribution in [-0.2, 0) is 4.79 Å². The summed E-state index contributed by atoms with van der Waals surface area (Å²) in [5.74, 6) is -0.337. The van der Waals surface area contributed by atoms with Gasteiger partial charge in [0.2, 0.25) is 0 Å². The molecule has 0 bridgehead atoms. The number of nitrogens with two attached hydrogens (primary N) is 1. The van der Waals surface area contributed by atoms with Crippen LogP contribution < -0.4 is 20.5 Å². The van der Waals surface area contributed by atoms with Crippen molar-refractivity contribution in [3.05, 3.63) is 58.6 Å². The van der Waals surface area contributed by atoms with E-state index in [0.29, 0.717) is 5.56 Å². The Labute approximate surface area is 163 Å². The zero-order chi connectivity index (χ0) is 20.0. The zero-order valence-corrected chi connectivity index (χ0v) is 16.2. The van der Waals surface area contributed by atoms with Gasteiger partial charge in [0, 0.05) is 5.56 Å². The molecule has 0 heterocycles. The van der Waals surface area contributed by atoms with Gasteiger partial charge in [-0.1, -0.05) is 55.8 Å². The molecular formula is C20H23ClN2O4. The predicted octanol–water partition coefficient (Wildman–Crippen LogP) is 3.34. The monoisotopic (exact) mass is 390 g/mol. The summed E-state index contributed by atoms with van der Waals surface area (Å²) in [5.41, 5.74) is 6.42. The van der Waals surface area contributed by atoms with Crippen molar-refractivity contribution in [3.8, 4) is 11.5 Å². The van der Waals surface area contributed by atoms with Crippen LogP contribution in [0.2, 0.25) is 5.02 Å². The van der Waals surface area contributed by atoms with Crippen LogP contribution in [0.5, 0.6) is 11.5 Å². The molecule has 0 aromatic heterocycles. The Morgan fingerprint density at radius 3 is 2.41 bits per heavy atom. The van der Waals surface area contributed by atoms with E-state index in [1.807, 2.05) is 44.2 Å². The number of carbonyl (C=O) groups is 2. The van der Waals surface area contributed by atoms with Gasteiger partial charge in [0.25, 0.3) is 11.8 Å². The molecule has 7 heteroatoms. The molecule has 0 aliphatic heterocycles. The first-order chi connectivity index (χ1) is 12.8. The van der Waals surface area contributed by atoms with Crippen LogP contribution in [-0.4, -0.2) is 25.5 Å². The first-order valence-electron chi connectivity index (χ1n) is 8.48. The number of amides is 2. The Kier molecular flexibility index (Phi) is 7.07. The van der Waals surface area contributed by atoms with Crippen LogP contribution in [0, 0.1) is 5.92 Å². The molecule has 0 radical (unpaired) electrons. The minimum Gasteiger partial charge on any atom is -0.493 e. The van der Waals surface area contributed by atoms with Gasteiger partial charge in [0.05, 0.1) is 18.2 Å². The summed E-state index contributed by atoms with van der Waals surface area (Å²) in [6.45, 7) is 3.73. The van der Waals surface area contributed by atoms with Crippen molar-refractivity contribution in [2.24, 2.45) is 11.7 Å². The standard InChI is InChI=1S/C20H23ClN2O4/c1-12(2)18(13-7-5-4-6-8-13)23-20(25)14-9-15(21)19(16(10-14)26-3)27-11-17(22)24/h4-10,12,18H,11H2,1-3H3,(H2,22,24)(H,23,25). The molecule has 2 amide bonds. The third-order valence-electron chi connectivity index (χ3n) is 3.96. The molecule has 1 unspecified atom stereocenters. The summed E-state index contributed by atoms with van der Waals surface area (Å²) >= 11 is 6.22. The van der Waals surface area contributed by atoms with Crippen LogP contribution >= 0.6 is 11.6 Å². The maximum atomic E-state index is 12.8. The number of hydrogen-bond donors (Lipinski definition) is 2. The fourth-order valence-electron chi connectivity index (χ4n) is 2.65. The highest BCUT2D eigenvalue weighted by atomic mass is 35.5. The summed E-state index contributed by atoms with van der Waals surface area (Å²) < 4.78 is 10.5. The van der Waals surface area contributed by atoms with Gasteiger partial charge in [-0.3, -0.25) is 9.59 Å². The number of nitrogens with one attached hydrogen (secondary N) is 1. The number of ether oxygens (including phenoxy) is 2. The molecule has 0 saturated heterocycles. The van der Waals surface area contributed by atoms with Crippen LogP contribution in [0.1, 0.15) is 35.8 Å². The Morgan fingerprint density at radius 1 is 1.19 bits per heavy atom. The molecule has 0 aliphatic rings. The second kappa shape index (κ2) is 9.28. The largest absolute Gasteiger partial charge is 0.493 e. The number of rotatable bonds is 8. The van der Waals surface area contributed by atoms with Crippen LogP contribution in [0.4, 0.5) is 0 Å². The van der Waals surface area contributed by atoms with E-state index < -0.39 is 5.91 Å². The molecule has 3 N–H and O–H groups in total. The summed E-state index contributed by atoms with van der Waals surface area (Å²) in [7, 11) is 1.42. The van der Waals surface area contributed by atoms with E-state index in [2.05, 4.69) is 5.32 Å². The van der Waals surface area contributed by atoms with Gasteiger partial charge in [-0.2, -0.15) is 0 Å². The van der Waals surface area contributed by atoms with Gasteiger partial charge in [0.15, 0.2) is 18.1 Å². The predicted molar refractivity (Wildman–Crippen MR) is 104 cm³/mol. The normalized spacial score (nSPS) is 11.7. The molecule has 6 nitrogen and oxygen atoms in total. The molecule has 0 spiro atoms. The Bertz CT molecular complexity index is 809. The lowest BCUT2D eigenvalue weighted by atomic mass is 9.95. The SMILES string of the molecule is COc1cc(C(=O)NC(c2ccccc2)C(C)C)cc(Cl)c1OCC(N)=O. The van der Waals surface area contributed by atoms with Crippen molar-refractivity contribution in [3.63, 3.8) is 0 Å². The van der Waals surface area contributed by atoms with Gasteiger partial charge in [0.1, 0.15) is 0 Å². The number of methoxy groups -OCH3 is 1. The summed E-state index contributed by atoms with van der Waals surface area (Å²) in [4.78, 5) is 23.7. The molecule has 0 aliphatic carbocycles. The maximum Gasteiger partial charge on any atom is 0.255 e. The van der Waals surface area contributed by atoms with Gasteiger partial charge in [-0.25, -0.2) is 0 Å². The summed E-state index contributed by atoms with van der Waals surface area (Å²) in [6.07, 6.45) is 0. The average molecular weight is 391 g/mol. The van der Waals surface area contributed by atoms with Gasteiger partial charge in [-0.15, -0.1) is 0 Å². The van der Waals surface area contributed by atoms with Crippen molar-refractivity contribution in [2.75, 3.05) is 13.7 Å². The number of benzene rings is 2. The highest BCUT2D eigenvalue weighted by Crippen LogP contribution is 2.36. The second-order valence-electron chi connectivity index (χ2n) is 6.35. The van der Waals surface area contributed by atoms with Gasteiger partial charge < -0.3 is 20.5 Å². The summed E-state index contributed by atoms with van der Waals surface area (Å²) in [5, 5.41) is 3.18. The first kappa shape index (κ1) is 20.6. The fraction of sp³-hybridized carbons (Fsp3) is 0.300. The minimum absolute atomic E-state index is 0.154. The number of carbonyl (C=O) groups excluding carboxylic acids is 2. The van der Waals surface area contributed by atoms with E-state index in [1.54, 1.807) is 0 Å². The molecule has 0 saturated carbocycles. The van der Waals surface area contributed by atoms with E-state index in [9.17, 15) is 9.59 Å². The van der Waals surface area contributed by atoms with E-state index >= 15 is 0 Å². The molecule has 144 valence electrons. The molecule has 2 aromatic rings. The van der Waals surface area contributed by atoms with Crippen LogP contribution in [0.25, 0.3) is 0 Å². The van der Waals surface area contributed by atoms with Gasteiger partial charge in [-0.05, 0) is 23.6 Å². The van der Waals surface area contributed by atoms with E-state index in [4.69, 9.17) is 26.8 Å². The third kappa shape index (κ3) is 5.37. The molecule has 2 rings (SSSR count). The fourth-order valence-corrected chi connectivity index (χ4v) is 2.92. The lowest BCUT2D eigenvalue weighted by Gasteiger charge is -2.23. The highest BCUT2D eigenvalue weighted by molar-refractivity contribution is 6.32. The lowest BCUT2D eigenvalue weighted by molar-refractivity contribution is -0.119. The van der Waals surface area contributed by atoms with Crippen molar-refractivity contribution in [1.82, 2.24) is 5.32 Å². The smallest absolute Gasteiger partial charge is 0.255 e. The number of halogens is 1. The molecule has 27 heavy (non-hydrogen) atoms. The second-order valence-corrected chi connectivity index (χ2v) is 6.76. The van der Waals surface area contributed by atoms with Crippen LogP contribution in [0.15, 0.2) is 42.5 Å². The molecule has 2 aromatic carbocycles. The topological polar surface area (TPSA) is 90.7 Å². The Hall–Kier alpha value is -2.73. The number of primary amides is 1. The van der Waals surface area contributed by atoms with Crippen molar-refractivity contribution < 1.29 is 19.1 Å². The number of hydrogen-bond acceptors (Lipinski definition) is 4. The highest BCUT2D eigenvalue weighted by Gasteiger charge is 2.21. The molecule has 1 atom stereocenters. The third-order valence-corrected chi connectivity index (χ3v) is 4.24.